The molecule has 1 heterocycles. The van der Waals surface area contributed by atoms with E-state index in [-0.39, 0.29) is 12.0 Å². The third-order valence-corrected chi connectivity index (χ3v) is 7.76. The molecule has 0 radical (unpaired) electrons. The Kier molecular flexibility index (Phi) is 6.57. The van der Waals surface area contributed by atoms with Crippen LogP contribution in [-0.4, -0.2) is 59.4 Å². The van der Waals surface area contributed by atoms with Gasteiger partial charge in [-0.15, -0.1) is 0 Å². The first kappa shape index (κ1) is 22.7. The highest BCUT2D eigenvalue weighted by molar-refractivity contribution is 7.92. The van der Waals surface area contributed by atoms with Crippen LogP contribution in [0.3, 0.4) is 0 Å². The maximum Gasteiger partial charge on any atom is 0.229 e. The molecule has 1 fully saturated rings. The summed E-state index contributed by atoms with van der Waals surface area (Å²) in [5, 5.41) is -0.473. The van der Waals surface area contributed by atoms with Crippen molar-refractivity contribution in [1.82, 2.24) is 9.62 Å². The minimum atomic E-state index is -3.35. The molecule has 2 atom stereocenters. The van der Waals surface area contributed by atoms with Gasteiger partial charge >= 0.3 is 0 Å². The second-order valence-corrected chi connectivity index (χ2v) is 12.2. The summed E-state index contributed by atoms with van der Waals surface area (Å²) in [5.41, 5.74) is 3.45. The minimum Gasteiger partial charge on any atom is -0.304 e. The lowest BCUT2D eigenvalue weighted by Gasteiger charge is -2.22. The second-order valence-electron chi connectivity index (χ2n) is 8.22. The number of nitrogens with zero attached hydrogens (tertiary/aromatic N) is 1. The third kappa shape index (κ3) is 5.60. The van der Waals surface area contributed by atoms with Crippen LogP contribution in [0.4, 0.5) is 5.69 Å². The quantitative estimate of drug-likeness (QED) is 0.674. The summed E-state index contributed by atoms with van der Waals surface area (Å²) in [6.07, 6.45) is 1.12. The van der Waals surface area contributed by atoms with Gasteiger partial charge in [0.25, 0.3) is 0 Å². The maximum absolute atomic E-state index is 12.4. The van der Waals surface area contributed by atoms with E-state index in [9.17, 15) is 16.8 Å². The average Bonchev–Trinajstić information content (AvgIpc) is 3.00. The highest BCUT2D eigenvalue weighted by atomic mass is 32.2. The smallest absolute Gasteiger partial charge is 0.229 e. The molecule has 0 aromatic heterocycles. The Morgan fingerprint density at radius 2 is 1.63 bits per heavy atom. The molecule has 0 spiro atoms. The molecular weight excluding hydrogens is 422 g/mol. The van der Waals surface area contributed by atoms with Crippen LogP contribution in [0.1, 0.15) is 25.3 Å². The van der Waals surface area contributed by atoms with E-state index in [1.807, 2.05) is 37.4 Å². The molecule has 2 aromatic rings. The molecule has 7 nitrogen and oxygen atoms in total. The number of sulfonamides is 2. The number of benzene rings is 2. The van der Waals surface area contributed by atoms with Crippen molar-refractivity contribution in [3.63, 3.8) is 0 Å². The number of likely N-dealkylation sites (N-methyl/N-ethyl adjacent to an activating group) is 1. The zero-order valence-electron chi connectivity index (χ0n) is 17.7. The lowest BCUT2D eigenvalue weighted by molar-refractivity contribution is 0.404. The van der Waals surface area contributed by atoms with Crippen LogP contribution in [0.2, 0.25) is 0 Å². The molecule has 30 heavy (non-hydrogen) atoms. The summed E-state index contributed by atoms with van der Waals surface area (Å²) in [6, 6.07) is 15.1. The van der Waals surface area contributed by atoms with E-state index in [4.69, 9.17) is 0 Å². The molecule has 1 aliphatic rings. The summed E-state index contributed by atoms with van der Waals surface area (Å²) in [6.45, 7) is 4.80. The Bertz CT molecular complexity index is 1100. The lowest BCUT2D eigenvalue weighted by atomic mass is 9.93. The average molecular weight is 452 g/mol. The molecule has 2 N–H and O–H groups in total. The van der Waals surface area contributed by atoms with Crippen LogP contribution < -0.4 is 9.44 Å². The second kappa shape index (κ2) is 8.66. The molecule has 0 aliphatic carbocycles. The van der Waals surface area contributed by atoms with Crippen LogP contribution in [0.25, 0.3) is 11.1 Å². The standard InChI is InChI=1S/C21H29N3O4S2/c1-15(2)30(27,28)23-21-14-24(3)13-20(21)17-10-8-16(9-11-17)18-6-5-7-19(12-18)22-29(4,25)26/h5-12,15,20-23H,13-14H2,1-4H3. The fraction of sp³-hybridized carbons (Fsp3) is 0.429. The molecular formula is C21H29N3O4S2. The van der Waals surface area contributed by atoms with Gasteiger partial charge in [0.05, 0.1) is 11.5 Å². The molecule has 164 valence electrons. The molecule has 0 amide bonds. The number of hydrogen-bond acceptors (Lipinski definition) is 5. The van der Waals surface area contributed by atoms with Crippen molar-refractivity contribution in [3.8, 4) is 11.1 Å². The maximum atomic E-state index is 12.4. The number of likely N-dealkylation sites (tertiary alicyclic amines) is 1. The lowest BCUT2D eigenvalue weighted by Crippen LogP contribution is -2.42. The van der Waals surface area contributed by atoms with Gasteiger partial charge in [-0.2, -0.15) is 0 Å². The molecule has 1 aliphatic heterocycles. The van der Waals surface area contributed by atoms with Crippen LogP contribution in [-0.2, 0) is 20.0 Å². The largest absolute Gasteiger partial charge is 0.304 e. The molecule has 0 saturated carbocycles. The topological polar surface area (TPSA) is 95.6 Å². The van der Waals surface area contributed by atoms with Gasteiger partial charge in [0.1, 0.15) is 0 Å². The van der Waals surface area contributed by atoms with Gasteiger partial charge in [-0.1, -0.05) is 36.4 Å². The Labute approximate surface area is 179 Å². The van der Waals surface area contributed by atoms with Gasteiger partial charge < -0.3 is 4.90 Å². The fourth-order valence-electron chi connectivity index (χ4n) is 3.70. The summed E-state index contributed by atoms with van der Waals surface area (Å²) >= 11 is 0. The summed E-state index contributed by atoms with van der Waals surface area (Å²) in [5.74, 6) is 0.0656. The SMILES string of the molecule is CC(C)S(=O)(=O)NC1CN(C)CC1c1ccc(-c2cccc(NS(C)(=O)=O)c2)cc1. The number of hydrogen-bond donors (Lipinski definition) is 2. The zero-order valence-corrected chi connectivity index (χ0v) is 19.3. The first-order chi connectivity index (χ1) is 13.9. The van der Waals surface area contributed by atoms with Gasteiger partial charge in [-0.25, -0.2) is 21.6 Å². The number of rotatable bonds is 7. The van der Waals surface area contributed by atoms with Crippen molar-refractivity contribution >= 4 is 25.7 Å². The first-order valence-electron chi connectivity index (χ1n) is 9.82. The van der Waals surface area contributed by atoms with Crippen molar-refractivity contribution in [3.05, 3.63) is 54.1 Å². The Morgan fingerprint density at radius 3 is 2.23 bits per heavy atom. The van der Waals surface area contributed by atoms with E-state index in [0.717, 1.165) is 29.5 Å². The van der Waals surface area contributed by atoms with Gasteiger partial charge in [-0.05, 0) is 49.7 Å². The van der Waals surface area contributed by atoms with Crippen molar-refractivity contribution in [2.24, 2.45) is 0 Å². The number of anilines is 1. The Morgan fingerprint density at radius 1 is 0.967 bits per heavy atom. The predicted octanol–water partition coefficient (Wildman–Crippen LogP) is 2.45. The van der Waals surface area contributed by atoms with E-state index >= 15 is 0 Å². The van der Waals surface area contributed by atoms with Gasteiger partial charge in [0, 0.05) is 30.7 Å². The van der Waals surface area contributed by atoms with E-state index in [1.165, 1.54) is 0 Å². The Hall–Kier alpha value is -1.94. The van der Waals surface area contributed by atoms with Crippen LogP contribution in [0.5, 0.6) is 0 Å². The minimum absolute atomic E-state index is 0.0656. The Balaban J connectivity index is 1.82. The predicted molar refractivity (Wildman–Crippen MR) is 122 cm³/mol. The molecule has 2 unspecified atom stereocenters. The first-order valence-corrected chi connectivity index (χ1v) is 13.3. The summed E-state index contributed by atoms with van der Waals surface area (Å²) in [7, 11) is -4.70. The fourth-order valence-corrected chi connectivity index (χ4v) is 5.19. The van der Waals surface area contributed by atoms with Gasteiger partial charge in [0.2, 0.25) is 20.0 Å². The monoisotopic (exact) mass is 451 g/mol. The summed E-state index contributed by atoms with van der Waals surface area (Å²) in [4.78, 5) is 2.13. The zero-order chi connectivity index (χ0) is 22.1. The third-order valence-electron chi connectivity index (χ3n) is 5.28. The van der Waals surface area contributed by atoms with Crippen molar-refractivity contribution in [2.75, 3.05) is 31.1 Å². The molecule has 1 saturated heterocycles. The molecule has 9 heteroatoms. The van der Waals surface area contributed by atoms with Crippen molar-refractivity contribution < 1.29 is 16.8 Å². The van der Waals surface area contributed by atoms with Crippen LogP contribution >= 0.6 is 0 Å². The normalized spacial score (nSPS) is 20.6. The van der Waals surface area contributed by atoms with Crippen molar-refractivity contribution in [1.29, 1.82) is 0 Å². The van der Waals surface area contributed by atoms with E-state index in [2.05, 4.69) is 14.3 Å². The molecule has 3 rings (SSSR count). The van der Waals surface area contributed by atoms with Crippen LogP contribution in [0.15, 0.2) is 48.5 Å². The molecule has 0 bridgehead atoms. The van der Waals surface area contributed by atoms with E-state index in [0.29, 0.717) is 12.2 Å². The highest BCUT2D eigenvalue weighted by Gasteiger charge is 2.35. The summed E-state index contributed by atoms with van der Waals surface area (Å²) < 4.78 is 53.0. The van der Waals surface area contributed by atoms with Crippen molar-refractivity contribution in [2.45, 2.75) is 31.1 Å². The van der Waals surface area contributed by atoms with E-state index < -0.39 is 25.3 Å². The van der Waals surface area contributed by atoms with Gasteiger partial charge in [0.15, 0.2) is 0 Å². The highest BCUT2D eigenvalue weighted by Crippen LogP contribution is 2.30. The number of nitrogens with one attached hydrogen (secondary N) is 2. The van der Waals surface area contributed by atoms with Gasteiger partial charge in [-0.3, -0.25) is 4.72 Å². The molecule has 2 aromatic carbocycles. The van der Waals surface area contributed by atoms with E-state index in [1.54, 1.807) is 32.0 Å². The van der Waals surface area contributed by atoms with Crippen LogP contribution in [0, 0.1) is 0 Å².